The summed E-state index contributed by atoms with van der Waals surface area (Å²) >= 11 is 0. The van der Waals surface area contributed by atoms with E-state index in [2.05, 4.69) is 24.3 Å². The second-order valence-corrected chi connectivity index (χ2v) is 6.32. The molecule has 1 aliphatic rings. The van der Waals surface area contributed by atoms with Gasteiger partial charge in [-0.05, 0) is 35.7 Å². The smallest absolute Gasteiger partial charge is 0.305 e. The van der Waals surface area contributed by atoms with Crippen LogP contribution in [0.1, 0.15) is 44.6 Å². The number of rotatable bonds is 6. The maximum Gasteiger partial charge on any atom is 0.305 e. The van der Waals surface area contributed by atoms with Crippen molar-refractivity contribution in [3.8, 4) is 0 Å². The Balaban J connectivity index is 1.91. The van der Waals surface area contributed by atoms with Crippen molar-refractivity contribution >= 4 is 5.97 Å². The molecule has 3 heteroatoms. The van der Waals surface area contributed by atoms with Crippen molar-refractivity contribution in [3.05, 3.63) is 35.9 Å². The van der Waals surface area contributed by atoms with Crippen molar-refractivity contribution in [1.29, 1.82) is 0 Å². The lowest BCUT2D eigenvalue weighted by atomic mass is 9.79. The van der Waals surface area contributed by atoms with Gasteiger partial charge in [0.05, 0.1) is 12.5 Å². The molecule has 2 rings (SSSR count). The molecule has 2 N–H and O–H groups in total. The zero-order valence-corrected chi connectivity index (χ0v) is 11.5. The number of carbonyl (C=O) groups is 1. The van der Waals surface area contributed by atoms with Crippen molar-refractivity contribution in [2.24, 2.45) is 11.3 Å². The first kappa shape index (κ1) is 14.1. The van der Waals surface area contributed by atoms with E-state index < -0.39 is 12.1 Å². The van der Waals surface area contributed by atoms with Crippen LogP contribution in [0.3, 0.4) is 0 Å². The summed E-state index contributed by atoms with van der Waals surface area (Å²) in [7, 11) is 0. The number of hydrogen-bond acceptors (Lipinski definition) is 2. The van der Waals surface area contributed by atoms with Gasteiger partial charge in [0.15, 0.2) is 0 Å². The molecule has 104 valence electrons. The molecule has 0 bridgehead atoms. The molecule has 0 aliphatic heterocycles. The molecule has 1 fully saturated rings. The number of benzene rings is 1. The molecule has 0 amide bonds. The molecule has 0 radical (unpaired) electrons. The van der Waals surface area contributed by atoms with E-state index in [1.165, 1.54) is 5.56 Å². The third-order valence-electron chi connectivity index (χ3n) is 4.21. The number of carboxylic acids is 1. The number of aliphatic hydroxyl groups is 1. The average molecular weight is 262 g/mol. The quantitative estimate of drug-likeness (QED) is 0.828. The first-order valence-corrected chi connectivity index (χ1v) is 6.85. The van der Waals surface area contributed by atoms with Crippen LogP contribution < -0.4 is 0 Å². The van der Waals surface area contributed by atoms with Crippen LogP contribution in [-0.4, -0.2) is 22.3 Å². The van der Waals surface area contributed by atoms with Crippen LogP contribution in [0.5, 0.6) is 0 Å². The molecule has 0 saturated heterocycles. The molecule has 1 saturated carbocycles. The molecule has 0 aromatic heterocycles. The van der Waals surface area contributed by atoms with Gasteiger partial charge in [-0.25, -0.2) is 0 Å². The highest BCUT2D eigenvalue weighted by molar-refractivity contribution is 5.67. The fourth-order valence-corrected chi connectivity index (χ4v) is 2.84. The molecule has 1 aromatic carbocycles. The van der Waals surface area contributed by atoms with Crippen LogP contribution in [0.4, 0.5) is 0 Å². The van der Waals surface area contributed by atoms with Crippen LogP contribution in [0.25, 0.3) is 0 Å². The lowest BCUT2D eigenvalue weighted by molar-refractivity contribution is -0.141. The maximum atomic E-state index is 10.7. The summed E-state index contributed by atoms with van der Waals surface area (Å²) in [4.78, 5) is 10.7. The topological polar surface area (TPSA) is 57.5 Å². The van der Waals surface area contributed by atoms with Gasteiger partial charge in [-0.3, -0.25) is 4.79 Å². The number of carboxylic acid groups (broad SMARTS) is 1. The van der Waals surface area contributed by atoms with E-state index in [0.29, 0.717) is 11.8 Å². The Kier molecular flexibility index (Phi) is 3.95. The monoisotopic (exact) mass is 262 g/mol. The Hall–Kier alpha value is -1.35. The zero-order valence-electron chi connectivity index (χ0n) is 11.5. The van der Waals surface area contributed by atoms with Crippen molar-refractivity contribution < 1.29 is 15.0 Å². The summed E-state index contributed by atoms with van der Waals surface area (Å²) < 4.78 is 0. The number of aliphatic hydroxyl groups excluding tert-OH is 1. The highest BCUT2D eigenvalue weighted by atomic mass is 16.4. The van der Waals surface area contributed by atoms with Crippen LogP contribution >= 0.6 is 0 Å². The minimum atomic E-state index is -0.934. The summed E-state index contributed by atoms with van der Waals surface area (Å²) in [6.45, 7) is 3.92. The van der Waals surface area contributed by atoms with Gasteiger partial charge in [0.2, 0.25) is 0 Å². The Morgan fingerprint density at radius 2 is 2.00 bits per heavy atom. The normalized spacial score (nSPS) is 23.9. The van der Waals surface area contributed by atoms with E-state index >= 15 is 0 Å². The average Bonchev–Trinajstić information content (AvgIpc) is 3.08. The van der Waals surface area contributed by atoms with E-state index in [9.17, 15) is 9.90 Å². The molecule has 3 atom stereocenters. The minimum absolute atomic E-state index is 0.171. The second-order valence-electron chi connectivity index (χ2n) is 6.32. The first-order valence-electron chi connectivity index (χ1n) is 6.85. The molecule has 1 aliphatic carbocycles. The maximum absolute atomic E-state index is 10.7. The van der Waals surface area contributed by atoms with Crippen LogP contribution in [0, 0.1) is 11.3 Å². The van der Waals surface area contributed by atoms with Gasteiger partial charge in [0.1, 0.15) is 0 Å². The molecule has 0 spiro atoms. The largest absolute Gasteiger partial charge is 0.481 e. The fourth-order valence-electron chi connectivity index (χ4n) is 2.84. The van der Waals surface area contributed by atoms with Gasteiger partial charge in [0.25, 0.3) is 0 Å². The molecule has 3 unspecified atom stereocenters. The summed E-state index contributed by atoms with van der Waals surface area (Å²) in [5.74, 6) is 0.217. The van der Waals surface area contributed by atoms with E-state index in [4.69, 9.17) is 5.11 Å². The molecule has 3 nitrogen and oxygen atoms in total. The van der Waals surface area contributed by atoms with Gasteiger partial charge in [0, 0.05) is 0 Å². The van der Waals surface area contributed by atoms with Crippen LogP contribution in [0.2, 0.25) is 0 Å². The lowest BCUT2D eigenvalue weighted by Crippen LogP contribution is -2.32. The second kappa shape index (κ2) is 5.33. The van der Waals surface area contributed by atoms with E-state index in [1.807, 2.05) is 19.9 Å². The molecule has 19 heavy (non-hydrogen) atoms. The summed E-state index contributed by atoms with van der Waals surface area (Å²) in [6.07, 6.45) is 1.08. The number of hydrogen-bond donors (Lipinski definition) is 2. The third kappa shape index (κ3) is 3.57. The van der Waals surface area contributed by atoms with E-state index in [1.54, 1.807) is 0 Å². The van der Waals surface area contributed by atoms with Crippen molar-refractivity contribution in [3.63, 3.8) is 0 Å². The number of aliphatic carboxylic acids is 1. The van der Waals surface area contributed by atoms with Gasteiger partial charge in [-0.2, -0.15) is 0 Å². The Morgan fingerprint density at radius 1 is 1.37 bits per heavy atom. The van der Waals surface area contributed by atoms with E-state index in [0.717, 1.165) is 12.8 Å². The predicted octanol–water partition coefficient (Wildman–Crippen LogP) is 3.04. The minimum Gasteiger partial charge on any atom is -0.481 e. The Morgan fingerprint density at radius 3 is 2.58 bits per heavy atom. The van der Waals surface area contributed by atoms with Gasteiger partial charge < -0.3 is 10.2 Å². The molecular weight excluding hydrogens is 240 g/mol. The van der Waals surface area contributed by atoms with E-state index in [-0.39, 0.29) is 11.8 Å². The van der Waals surface area contributed by atoms with Crippen LogP contribution in [-0.2, 0) is 4.79 Å². The highest BCUT2D eigenvalue weighted by Gasteiger charge is 2.43. The van der Waals surface area contributed by atoms with Gasteiger partial charge in [-0.1, -0.05) is 44.2 Å². The van der Waals surface area contributed by atoms with Crippen LogP contribution in [0.15, 0.2) is 30.3 Å². The molecule has 1 aromatic rings. The van der Waals surface area contributed by atoms with Gasteiger partial charge in [-0.15, -0.1) is 0 Å². The summed E-state index contributed by atoms with van der Waals surface area (Å²) in [5.41, 5.74) is 1.02. The van der Waals surface area contributed by atoms with Crippen molar-refractivity contribution in [2.45, 2.75) is 45.1 Å². The standard InChI is InChI=1S/C16H22O3/c1-16(2,14(17)9-15(18)19)10-12-8-13(12)11-6-4-3-5-7-11/h3-7,12-14,17H,8-10H2,1-2H3,(H,18,19). The SMILES string of the molecule is CC(C)(CC1CC1c1ccccc1)C(O)CC(=O)O. The summed E-state index contributed by atoms with van der Waals surface area (Å²) in [5, 5.41) is 18.8. The first-order chi connectivity index (χ1) is 8.90. The highest BCUT2D eigenvalue weighted by Crippen LogP contribution is 2.53. The molecular formula is C16H22O3. The third-order valence-corrected chi connectivity index (χ3v) is 4.21. The Labute approximate surface area is 114 Å². The van der Waals surface area contributed by atoms with Gasteiger partial charge >= 0.3 is 5.97 Å². The zero-order chi connectivity index (χ0) is 14.0. The Bertz CT molecular complexity index is 439. The summed E-state index contributed by atoms with van der Waals surface area (Å²) in [6, 6.07) is 10.4. The molecule has 0 heterocycles. The van der Waals surface area contributed by atoms with Crippen molar-refractivity contribution in [1.82, 2.24) is 0 Å². The van der Waals surface area contributed by atoms with Crippen molar-refractivity contribution in [2.75, 3.05) is 0 Å². The fraction of sp³-hybridized carbons (Fsp3) is 0.562. The lowest BCUT2D eigenvalue weighted by Gasteiger charge is -2.30. The predicted molar refractivity (Wildman–Crippen MR) is 73.9 cm³/mol.